The summed E-state index contributed by atoms with van der Waals surface area (Å²) in [5, 5.41) is 6.06. The van der Waals surface area contributed by atoms with Gasteiger partial charge in [0, 0.05) is 38.4 Å². The van der Waals surface area contributed by atoms with Crippen molar-refractivity contribution in [2.45, 2.75) is 0 Å². The molecule has 3 nitrogen and oxygen atoms in total. The number of benzene rings is 7. The topological polar surface area (TPSA) is 38.7 Å². The van der Waals surface area contributed by atoms with Crippen LogP contribution in [0.25, 0.3) is 88.7 Å². The normalized spacial score (nSPS) is 11.3. The van der Waals surface area contributed by atoms with Crippen LogP contribution in [-0.2, 0) is 0 Å². The molecule has 2 aromatic heterocycles. The summed E-state index contributed by atoms with van der Waals surface area (Å²) in [6.07, 6.45) is 0. The number of nitrogens with zero attached hydrogens (tertiary/aromatic N) is 3. The quantitative estimate of drug-likeness (QED) is 0.182. The van der Waals surface area contributed by atoms with Crippen LogP contribution in [0.2, 0.25) is 0 Å². The molecule has 7 aromatic carbocycles. The van der Waals surface area contributed by atoms with E-state index < -0.39 is 0 Å². The van der Waals surface area contributed by atoms with Crippen molar-refractivity contribution >= 4 is 32.4 Å². The monoisotopic (exact) mass is 611 g/mol. The van der Waals surface area contributed by atoms with E-state index in [1.54, 1.807) is 0 Å². The standard InChI is InChI=1S/C45H29N3/c1-3-13-32(14-4-1)41-29-42(48-45(47-41)34-15-5-2-6-16-34)33-24-22-30(23-25-33)35-17-11-18-36(28-35)44-39-27-26-31-12-7-8-19-37(31)43(39)38-20-9-10-21-40(38)46-44/h1-29H. The number of rotatable bonds is 5. The van der Waals surface area contributed by atoms with Gasteiger partial charge in [-0.15, -0.1) is 0 Å². The molecule has 224 valence electrons. The van der Waals surface area contributed by atoms with Gasteiger partial charge in [-0.25, -0.2) is 15.0 Å². The SMILES string of the molecule is c1ccc(-c2cc(-c3ccc(-c4cccc(-c5nc6ccccc6c6c5ccc5ccccc56)c4)cc3)nc(-c3ccccc3)n2)cc1. The van der Waals surface area contributed by atoms with Crippen LogP contribution in [0.4, 0.5) is 0 Å². The molecule has 0 saturated heterocycles. The summed E-state index contributed by atoms with van der Waals surface area (Å²) in [7, 11) is 0. The van der Waals surface area contributed by atoms with E-state index in [4.69, 9.17) is 15.0 Å². The molecule has 0 N–H and O–H groups in total. The van der Waals surface area contributed by atoms with Crippen LogP contribution >= 0.6 is 0 Å². The Balaban J connectivity index is 1.13. The molecule has 0 fully saturated rings. The van der Waals surface area contributed by atoms with Crippen LogP contribution < -0.4 is 0 Å². The lowest BCUT2D eigenvalue weighted by molar-refractivity contribution is 1.18. The van der Waals surface area contributed by atoms with Crippen LogP contribution in [0.15, 0.2) is 176 Å². The third-order valence-electron chi connectivity index (χ3n) is 9.07. The van der Waals surface area contributed by atoms with Gasteiger partial charge in [0.05, 0.1) is 22.6 Å². The van der Waals surface area contributed by atoms with E-state index >= 15 is 0 Å². The Hall–Kier alpha value is -6.45. The number of fused-ring (bicyclic) bond motifs is 5. The number of hydrogen-bond acceptors (Lipinski definition) is 3. The van der Waals surface area contributed by atoms with Gasteiger partial charge in [-0.3, -0.25) is 0 Å². The summed E-state index contributed by atoms with van der Waals surface area (Å²) >= 11 is 0. The molecule has 0 aliphatic carbocycles. The molecule has 9 aromatic rings. The highest BCUT2D eigenvalue weighted by molar-refractivity contribution is 6.22. The average molecular weight is 612 g/mol. The Morgan fingerprint density at radius 2 is 0.896 bits per heavy atom. The van der Waals surface area contributed by atoms with E-state index in [0.29, 0.717) is 5.82 Å². The van der Waals surface area contributed by atoms with Crippen molar-refractivity contribution in [2.24, 2.45) is 0 Å². The smallest absolute Gasteiger partial charge is 0.160 e. The molecule has 0 spiro atoms. The van der Waals surface area contributed by atoms with Crippen LogP contribution in [0.1, 0.15) is 0 Å². The lowest BCUT2D eigenvalue weighted by atomic mass is 9.94. The predicted octanol–water partition coefficient (Wildman–Crippen LogP) is 11.7. The van der Waals surface area contributed by atoms with Gasteiger partial charge in [0.1, 0.15) is 0 Å². The van der Waals surface area contributed by atoms with E-state index in [0.717, 1.165) is 61.4 Å². The molecule has 0 unspecified atom stereocenters. The lowest BCUT2D eigenvalue weighted by Gasteiger charge is -2.13. The van der Waals surface area contributed by atoms with E-state index in [1.165, 1.54) is 21.5 Å². The van der Waals surface area contributed by atoms with Gasteiger partial charge >= 0.3 is 0 Å². The fourth-order valence-electron chi connectivity index (χ4n) is 6.69. The van der Waals surface area contributed by atoms with Crippen molar-refractivity contribution in [2.75, 3.05) is 0 Å². The summed E-state index contributed by atoms with van der Waals surface area (Å²) in [4.78, 5) is 15.2. The molecule has 0 saturated carbocycles. The van der Waals surface area contributed by atoms with E-state index in [2.05, 4.69) is 140 Å². The Bertz CT molecular complexity index is 2520. The van der Waals surface area contributed by atoms with Crippen molar-refractivity contribution in [3.8, 4) is 56.3 Å². The molecule has 0 bridgehead atoms. The Morgan fingerprint density at radius 3 is 1.67 bits per heavy atom. The number of aromatic nitrogens is 3. The molecule has 0 aliphatic rings. The average Bonchev–Trinajstić information content (AvgIpc) is 3.18. The van der Waals surface area contributed by atoms with Crippen molar-refractivity contribution in [1.29, 1.82) is 0 Å². The van der Waals surface area contributed by atoms with E-state index in [9.17, 15) is 0 Å². The molecular formula is C45H29N3. The minimum absolute atomic E-state index is 0.714. The molecule has 0 radical (unpaired) electrons. The summed E-state index contributed by atoms with van der Waals surface area (Å²) in [5.74, 6) is 0.714. The molecule has 9 rings (SSSR count). The number of para-hydroxylation sites is 1. The van der Waals surface area contributed by atoms with Gasteiger partial charge in [-0.2, -0.15) is 0 Å². The second-order valence-electron chi connectivity index (χ2n) is 12.0. The number of hydrogen-bond donors (Lipinski definition) is 0. The molecule has 2 heterocycles. The van der Waals surface area contributed by atoms with E-state index in [-0.39, 0.29) is 0 Å². The molecular weight excluding hydrogens is 583 g/mol. The van der Waals surface area contributed by atoms with Gasteiger partial charge in [-0.05, 0) is 40.1 Å². The minimum Gasteiger partial charge on any atom is -0.247 e. The highest BCUT2D eigenvalue weighted by atomic mass is 14.9. The second-order valence-corrected chi connectivity index (χ2v) is 12.0. The maximum atomic E-state index is 5.22. The van der Waals surface area contributed by atoms with Crippen LogP contribution in [-0.4, -0.2) is 15.0 Å². The zero-order valence-electron chi connectivity index (χ0n) is 26.1. The minimum atomic E-state index is 0.714. The first-order chi connectivity index (χ1) is 23.8. The van der Waals surface area contributed by atoms with Gasteiger partial charge in [0.15, 0.2) is 5.82 Å². The van der Waals surface area contributed by atoms with E-state index in [1.807, 2.05) is 36.4 Å². The van der Waals surface area contributed by atoms with Gasteiger partial charge in [0.2, 0.25) is 0 Å². The third-order valence-corrected chi connectivity index (χ3v) is 9.07. The molecule has 48 heavy (non-hydrogen) atoms. The van der Waals surface area contributed by atoms with Crippen molar-refractivity contribution in [3.63, 3.8) is 0 Å². The molecule has 3 heteroatoms. The highest BCUT2D eigenvalue weighted by Crippen LogP contribution is 2.38. The number of pyridine rings is 1. The first kappa shape index (κ1) is 27.8. The van der Waals surface area contributed by atoms with Gasteiger partial charge in [-0.1, -0.05) is 158 Å². The Kier molecular flexibility index (Phi) is 6.80. The van der Waals surface area contributed by atoms with Gasteiger partial charge in [0.25, 0.3) is 0 Å². The fourth-order valence-corrected chi connectivity index (χ4v) is 6.69. The summed E-state index contributed by atoms with van der Waals surface area (Å²) in [5.41, 5.74) is 10.3. The summed E-state index contributed by atoms with van der Waals surface area (Å²) < 4.78 is 0. The Labute approximate surface area is 278 Å². The van der Waals surface area contributed by atoms with Gasteiger partial charge < -0.3 is 0 Å². The van der Waals surface area contributed by atoms with Crippen molar-refractivity contribution in [1.82, 2.24) is 15.0 Å². The maximum Gasteiger partial charge on any atom is 0.160 e. The maximum absolute atomic E-state index is 5.22. The molecule has 0 amide bonds. The van der Waals surface area contributed by atoms with Crippen LogP contribution in [0, 0.1) is 0 Å². The third kappa shape index (κ3) is 4.99. The largest absolute Gasteiger partial charge is 0.247 e. The predicted molar refractivity (Wildman–Crippen MR) is 200 cm³/mol. The Morgan fingerprint density at radius 1 is 0.312 bits per heavy atom. The zero-order chi connectivity index (χ0) is 31.9. The van der Waals surface area contributed by atoms with Crippen molar-refractivity contribution in [3.05, 3.63) is 176 Å². The van der Waals surface area contributed by atoms with Crippen molar-refractivity contribution < 1.29 is 0 Å². The fraction of sp³-hybridized carbons (Fsp3) is 0. The first-order valence-corrected chi connectivity index (χ1v) is 16.2. The highest BCUT2D eigenvalue weighted by Gasteiger charge is 2.14. The van der Waals surface area contributed by atoms with Crippen LogP contribution in [0.3, 0.4) is 0 Å². The van der Waals surface area contributed by atoms with Crippen LogP contribution in [0.5, 0.6) is 0 Å². The summed E-state index contributed by atoms with van der Waals surface area (Å²) in [6.45, 7) is 0. The second kappa shape index (κ2) is 11.7. The lowest BCUT2D eigenvalue weighted by Crippen LogP contribution is -1.95. The molecule has 0 aliphatic heterocycles. The summed E-state index contributed by atoms with van der Waals surface area (Å²) in [6, 6.07) is 61.5. The first-order valence-electron chi connectivity index (χ1n) is 16.2. The molecule has 0 atom stereocenters. The zero-order valence-corrected chi connectivity index (χ0v) is 26.1.